The first-order valence-corrected chi connectivity index (χ1v) is 13.3. The zero-order chi connectivity index (χ0) is 22.6. The van der Waals surface area contributed by atoms with Gasteiger partial charge in [-0.15, -0.1) is 21.5 Å². The van der Waals surface area contributed by atoms with Crippen molar-refractivity contribution in [2.24, 2.45) is 7.05 Å². The van der Waals surface area contributed by atoms with Gasteiger partial charge >= 0.3 is 0 Å². The van der Waals surface area contributed by atoms with Crippen LogP contribution in [0.1, 0.15) is 4.88 Å². The van der Waals surface area contributed by atoms with Crippen LogP contribution in [0.2, 0.25) is 0 Å². The van der Waals surface area contributed by atoms with Crippen molar-refractivity contribution in [3.8, 4) is 11.4 Å². The van der Waals surface area contributed by atoms with Crippen LogP contribution in [0.25, 0.3) is 11.4 Å². The highest BCUT2D eigenvalue weighted by atomic mass is 32.2. The minimum absolute atomic E-state index is 0.0781. The van der Waals surface area contributed by atoms with Crippen molar-refractivity contribution >= 4 is 39.0 Å². The maximum absolute atomic E-state index is 12.8. The zero-order valence-corrected chi connectivity index (χ0v) is 19.9. The van der Waals surface area contributed by atoms with Gasteiger partial charge in [0.15, 0.2) is 11.0 Å². The Kier molecular flexibility index (Phi) is 7.26. The van der Waals surface area contributed by atoms with E-state index in [1.165, 1.54) is 16.1 Å². The van der Waals surface area contributed by atoms with Crippen molar-refractivity contribution < 1.29 is 17.9 Å². The summed E-state index contributed by atoms with van der Waals surface area (Å²) in [7, 11) is -1.72. The van der Waals surface area contributed by atoms with E-state index in [9.17, 15) is 13.2 Å². The van der Waals surface area contributed by atoms with Crippen LogP contribution in [0.5, 0.6) is 0 Å². The van der Waals surface area contributed by atoms with E-state index in [2.05, 4.69) is 15.5 Å². The first kappa shape index (κ1) is 22.9. The van der Waals surface area contributed by atoms with Gasteiger partial charge < -0.3 is 14.6 Å². The Balaban J connectivity index is 1.38. The number of hydrogen-bond acceptors (Lipinski definition) is 8. The summed E-state index contributed by atoms with van der Waals surface area (Å²) in [5, 5.41) is 13.9. The number of aromatic nitrogens is 3. The van der Waals surface area contributed by atoms with Gasteiger partial charge in [-0.05, 0) is 35.7 Å². The number of hydrogen-bond donors (Lipinski definition) is 1. The lowest BCUT2D eigenvalue weighted by molar-refractivity contribution is -0.118. The van der Waals surface area contributed by atoms with E-state index in [4.69, 9.17) is 4.74 Å². The number of thiophene rings is 1. The van der Waals surface area contributed by atoms with Crippen molar-refractivity contribution in [1.29, 1.82) is 0 Å². The Morgan fingerprint density at radius 2 is 1.94 bits per heavy atom. The molecule has 3 heterocycles. The average molecular weight is 494 g/mol. The Morgan fingerprint density at radius 1 is 1.19 bits per heavy atom. The van der Waals surface area contributed by atoms with Crippen LogP contribution in [0.3, 0.4) is 0 Å². The summed E-state index contributed by atoms with van der Waals surface area (Å²) in [6.07, 6.45) is 0. The summed E-state index contributed by atoms with van der Waals surface area (Å²) in [6, 6.07) is 10.5. The molecule has 1 aliphatic rings. The number of ether oxygens (including phenoxy) is 1. The molecule has 1 amide bonds. The molecule has 1 aliphatic heterocycles. The van der Waals surface area contributed by atoms with E-state index < -0.39 is 10.0 Å². The number of rotatable bonds is 8. The van der Waals surface area contributed by atoms with Crippen LogP contribution in [0.4, 0.5) is 0 Å². The minimum atomic E-state index is -3.54. The Bertz CT molecular complexity index is 1150. The Hall–Kier alpha value is -2.25. The fourth-order valence-electron chi connectivity index (χ4n) is 3.18. The van der Waals surface area contributed by atoms with Crippen LogP contribution >= 0.6 is 23.1 Å². The number of carbonyl (C=O) groups is 1. The zero-order valence-electron chi connectivity index (χ0n) is 17.4. The molecule has 9 nitrogen and oxygen atoms in total. The maximum Gasteiger partial charge on any atom is 0.243 e. The lowest BCUT2D eigenvalue weighted by Crippen LogP contribution is -2.40. The summed E-state index contributed by atoms with van der Waals surface area (Å²) in [4.78, 5) is 13.4. The van der Waals surface area contributed by atoms with Crippen molar-refractivity contribution in [2.45, 2.75) is 16.6 Å². The summed E-state index contributed by atoms with van der Waals surface area (Å²) in [5.74, 6) is 0.751. The fraction of sp³-hybridized carbons (Fsp3) is 0.350. The van der Waals surface area contributed by atoms with Gasteiger partial charge in [-0.1, -0.05) is 17.8 Å². The molecule has 0 saturated carbocycles. The van der Waals surface area contributed by atoms with E-state index in [-0.39, 0.29) is 16.6 Å². The lowest BCUT2D eigenvalue weighted by atomic mass is 10.2. The molecule has 1 fully saturated rings. The largest absolute Gasteiger partial charge is 0.379 e. The average Bonchev–Trinajstić information content (AvgIpc) is 3.47. The summed E-state index contributed by atoms with van der Waals surface area (Å²) in [6.45, 7) is 2.04. The van der Waals surface area contributed by atoms with Crippen LogP contribution in [0.15, 0.2) is 51.8 Å². The predicted molar refractivity (Wildman–Crippen MR) is 123 cm³/mol. The van der Waals surface area contributed by atoms with Gasteiger partial charge in [-0.3, -0.25) is 4.79 Å². The van der Waals surface area contributed by atoms with Crippen molar-refractivity contribution in [1.82, 2.24) is 24.4 Å². The summed E-state index contributed by atoms with van der Waals surface area (Å²) >= 11 is 2.90. The molecule has 3 aromatic rings. The van der Waals surface area contributed by atoms with Gasteiger partial charge in [-0.25, -0.2) is 8.42 Å². The highest BCUT2D eigenvalue weighted by Gasteiger charge is 2.26. The van der Waals surface area contributed by atoms with Crippen molar-refractivity contribution in [3.63, 3.8) is 0 Å². The normalized spacial score (nSPS) is 15.0. The van der Waals surface area contributed by atoms with Crippen LogP contribution in [-0.2, 0) is 33.1 Å². The molecule has 1 saturated heterocycles. The SMILES string of the molecule is Cn1c(SCC(=O)NCc2cccs2)nnc1-c1ccc(S(=O)(=O)N2CCOCC2)cc1. The standard InChI is InChI=1S/C20H23N5O4S3/c1-24-19(22-23-20(24)31-14-18(26)21-13-16-3-2-12-30-16)15-4-6-17(7-5-15)32(27,28)25-8-10-29-11-9-25/h2-7,12H,8-11,13-14H2,1H3,(H,21,26). The van der Waals surface area contributed by atoms with Crippen LogP contribution in [0, 0.1) is 0 Å². The van der Waals surface area contributed by atoms with Crippen molar-refractivity contribution in [2.75, 3.05) is 32.1 Å². The van der Waals surface area contributed by atoms with E-state index in [1.54, 1.807) is 40.2 Å². The van der Waals surface area contributed by atoms with E-state index >= 15 is 0 Å². The topological polar surface area (TPSA) is 106 Å². The highest BCUT2D eigenvalue weighted by molar-refractivity contribution is 7.99. The maximum atomic E-state index is 12.8. The van der Waals surface area contributed by atoms with Gasteiger partial charge in [0.05, 0.1) is 30.4 Å². The van der Waals surface area contributed by atoms with Gasteiger partial charge in [-0.2, -0.15) is 4.31 Å². The van der Waals surface area contributed by atoms with E-state index in [1.807, 2.05) is 24.6 Å². The summed E-state index contributed by atoms with van der Waals surface area (Å²) in [5.41, 5.74) is 0.745. The highest BCUT2D eigenvalue weighted by Crippen LogP contribution is 2.25. The molecule has 4 rings (SSSR count). The number of benzene rings is 1. The quantitative estimate of drug-likeness (QED) is 0.478. The third-order valence-corrected chi connectivity index (χ3v) is 8.74. The second-order valence-electron chi connectivity index (χ2n) is 7.05. The number of sulfonamides is 1. The number of nitrogens with zero attached hydrogens (tertiary/aromatic N) is 4. The number of thioether (sulfide) groups is 1. The van der Waals surface area contributed by atoms with Gasteiger partial charge in [0.25, 0.3) is 0 Å². The molecular formula is C20H23N5O4S3. The third-order valence-electron chi connectivity index (χ3n) is 4.93. The molecule has 0 unspecified atom stereocenters. The second-order valence-corrected chi connectivity index (χ2v) is 11.0. The van der Waals surface area contributed by atoms with E-state index in [0.29, 0.717) is 43.8 Å². The molecule has 2 aromatic heterocycles. The molecule has 1 aromatic carbocycles. The molecule has 0 radical (unpaired) electrons. The minimum Gasteiger partial charge on any atom is -0.379 e. The van der Waals surface area contributed by atoms with Crippen LogP contribution < -0.4 is 5.32 Å². The van der Waals surface area contributed by atoms with Gasteiger partial charge in [0, 0.05) is 30.6 Å². The molecule has 0 atom stereocenters. The predicted octanol–water partition coefficient (Wildman–Crippen LogP) is 1.97. The second kappa shape index (κ2) is 10.1. The number of amides is 1. The smallest absolute Gasteiger partial charge is 0.243 e. The molecular weight excluding hydrogens is 470 g/mol. The summed E-state index contributed by atoms with van der Waals surface area (Å²) < 4.78 is 34.0. The van der Waals surface area contributed by atoms with Gasteiger partial charge in [0.2, 0.25) is 15.9 Å². The Labute approximate surface area is 194 Å². The Morgan fingerprint density at radius 3 is 2.62 bits per heavy atom. The molecule has 32 heavy (non-hydrogen) atoms. The lowest BCUT2D eigenvalue weighted by Gasteiger charge is -2.26. The van der Waals surface area contributed by atoms with Gasteiger partial charge in [0.1, 0.15) is 0 Å². The molecule has 12 heteroatoms. The number of carbonyl (C=O) groups excluding carboxylic acids is 1. The number of nitrogens with one attached hydrogen (secondary N) is 1. The molecule has 0 spiro atoms. The molecule has 0 bridgehead atoms. The van der Waals surface area contributed by atoms with E-state index in [0.717, 1.165) is 10.4 Å². The molecule has 1 N–H and O–H groups in total. The molecule has 170 valence electrons. The third kappa shape index (κ3) is 5.21. The first-order valence-electron chi connectivity index (χ1n) is 9.95. The molecule has 0 aliphatic carbocycles. The monoisotopic (exact) mass is 493 g/mol. The van der Waals surface area contributed by atoms with Crippen LogP contribution in [-0.4, -0.2) is 65.5 Å². The number of morpholine rings is 1. The fourth-order valence-corrected chi connectivity index (χ4v) is 5.98. The van der Waals surface area contributed by atoms with Crippen molar-refractivity contribution in [3.05, 3.63) is 46.7 Å². The first-order chi connectivity index (χ1) is 15.4.